The van der Waals surface area contributed by atoms with E-state index in [0.717, 1.165) is 11.3 Å². The number of amides is 2. The molecule has 2 heterocycles. The monoisotopic (exact) mass is 408 g/mol. The highest BCUT2D eigenvalue weighted by atomic mass is 32.2. The summed E-state index contributed by atoms with van der Waals surface area (Å²) in [4.78, 5) is 33.7. The molecule has 0 radical (unpaired) electrons. The predicted octanol–water partition coefficient (Wildman–Crippen LogP) is 2.24. The lowest BCUT2D eigenvalue weighted by Crippen LogP contribution is -2.60. The van der Waals surface area contributed by atoms with Gasteiger partial charge in [-0.1, -0.05) is 60.3 Å². The molecule has 1 saturated heterocycles. The van der Waals surface area contributed by atoms with E-state index in [1.807, 2.05) is 60.7 Å². The molecule has 8 nitrogen and oxygen atoms in total. The Bertz CT molecular complexity index is 979. The first kappa shape index (κ1) is 19.0. The number of hydrazine groups is 2. The number of thioether (sulfide) groups is 1. The molecule has 1 fully saturated rings. The summed E-state index contributed by atoms with van der Waals surface area (Å²) in [6, 6.07) is 19.0. The molecule has 2 N–H and O–H groups in total. The van der Waals surface area contributed by atoms with Crippen molar-refractivity contribution in [3.63, 3.8) is 0 Å². The van der Waals surface area contributed by atoms with Crippen molar-refractivity contribution in [1.29, 1.82) is 0 Å². The van der Waals surface area contributed by atoms with Gasteiger partial charge in [-0.05, 0) is 12.1 Å². The Morgan fingerprint density at radius 3 is 2.34 bits per heavy atom. The first-order valence-corrected chi connectivity index (χ1v) is 9.97. The number of hydrogen-bond donors (Lipinski definition) is 2. The van der Waals surface area contributed by atoms with Crippen LogP contribution in [-0.4, -0.2) is 44.4 Å². The molecular formula is C20H20N6O2S. The van der Waals surface area contributed by atoms with Gasteiger partial charge < -0.3 is 0 Å². The van der Waals surface area contributed by atoms with E-state index in [1.165, 1.54) is 30.6 Å². The van der Waals surface area contributed by atoms with Crippen LogP contribution in [0.3, 0.4) is 0 Å². The molecule has 2 aliphatic rings. The highest BCUT2D eigenvalue weighted by molar-refractivity contribution is 8.14. The second kappa shape index (κ2) is 7.96. The van der Waals surface area contributed by atoms with E-state index in [-0.39, 0.29) is 17.2 Å². The highest BCUT2D eigenvalue weighted by Crippen LogP contribution is 2.36. The Balaban J connectivity index is 1.77. The van der Waals surface area contributed by atoms with Crippen LogP contribution in [0.1, 0.15) is 19.4 Å². The van der Waals surface area contributed by atoms with Gasteiger partial charge in [-0.2, -0.15) is 0 Å². The van der Waals surface area contributed by atoms with E-state index in [4.69, 9.17) is 4.99 Å². The minimum atomic E-state index is -0.522. The molecule has 4 rings (SSSR count). The van der Waals surface area contributed by atoms with Gasteiger partial charge in [0, 0.05) is 19.4 Å². The van der Waals surface area contributed by atoms with E-state index >= 15 is 0 Å². The third-order valence-corrected chi connectivity index (χ3v) is 5.53. The minimum Gasteiger partial charge on any atom is -0.278 e. The number of amidine groups is 2. The van der Waals surface area contributed by atoms with Crippen molar-refractivity contribution in [2.75, 3.05) is 0 Å². The number of aliphatic imine (C=N–C) groups is 2. The maximum atomic E-state index is 12.4. The fraction of sp³-hybridized carbons (Fsp3) is 0.200. The lowest BCUT2D eigenvalue weighted by molar-refractivity contribution is -0.133. The van der Waals surface area contributed by atoms with Crippen molar-refractivity contribution < 1.29 is 9.59 Å². The maximum Gasteiger partial charge on any atom is 0.239 e. The molecule has 148 valence electrons. The largest absolute Gasteiger partial charge is 0.278 e. The second-order valence-corrected chi connectivity index (χ2v) is 7.62. The molecule has 2 amide bonds. The first-order valence-electron chi connectivity index (χ1n) is 9.09. The summed E-state index contributed by atoms with van der Waals surface area (Å²) in [7, 11) is 0. The molecule has 0 aliphatic carbocycles. The van der Waals surface area contributed by atoms with Gasteiger partial charge in [-0.3, -0.25) is 20.4 Å². The van der Waals surface area contributed by atoms with Gasteiger partial charge in [-0.25, -0.2) is 20.0 Å². The molecule has 2 aromatic carbocycles. The van der Waals surface area contributed by atoms with Crippen LogP contribution in [0, 0.1) is 0 Å². The normalized spacial score (nSPS) is 22.0. The summed E-state index contributed by atoms with van der Waals surface area (Å²) >= 11 is 1.37. The fourth-order valence-electron chi connectivity index (χ4n) is 3.08. The summed E-state index contributed by atoms with van der Waals surface area (Å²) in [5.74, 6) is 0.162. The summed E-state index contributed by atoms with van der Waals surface area (Å²) in [6.07, 6.45) is -0.522. The SMILES string of the molecule is CC(=O)NN1C(=Nc2ccccc2)S[C@H]2[C@@H]1N=C(c1ccccc1)NN2C(C)=O. The summed E-state index contributed by atoms with van der Waals surface area (Å²) in [6.45, 7) is 2.93. The minimum absolute atomic E-state index is 0.153. The maximum absolute atomic E-state index is 12.4. The van der Waals surface area contributed by atoms with E-state index in [0.29, 0.717) is 11.0 Å². The number of nitrogens with zero attached hydrogens (tertiary/aromatic N) is 4. The summed E-state index contributed by atoms with van der Waals surface area (Å²) in [5.41, 5.74) is 7.52. The van der Waals surface area contributed by atoms with Gasteiger partial charge >= 0.3 is 0 Å². The number of fused-ring (bicyclic) bond motifs is 1. The number of carbonyl (C=O) groups excluding carboxylic acids is 2. The predicted molar refractivity (Wildman–Crippen MR) is 113 cm³/mol. The molecular weight excluding hydrogens is 388 g/mol. The Hall–Kier alpha value is -3.33. The van der Waals surface area contributed by atoms with Crippen molar-refractivity contribution in [1.82, 2.24) is 20.9 Å². The lowest BCUT2D eigenvalue weighted by Gasteiger charge is -2.37. The molecule has 0 unspecified atom stereocenters. The van der Waals surface area contributed by atoms with Crippen LogP contribution in [0.25, 0.3) is 0 Å². The Morgan fingerprint density at radius 2 is 1.72 bits per heavy atom. The molecule has 2 aliphatic heterocycles. The third-order valence-electron chi connectivity index (χ3n) is 4.34. The molecule has 9 heteroatoms. The van der Waals surface area contributed by atoms with Gasteiger partial charge in [0.05, 0.1) is 5.69 Å². The Kier molecular flexibility index (Phi) is 5.22. The molecule has 0 bridgehead atoms. The number of benzene rings is 2. The molecule has 0 spiro atoms. The zero-order valence-electron chi connectivity index (χ0n) is 15.9. The zero-order valence-corrected chi connectivity index (χ0v) is 16.8. The number of carbonyl (C=O) groups is 2. The van der Waals surface area contributed by atoms with Gasteiger partial charge in [0.2, 0.25) is 11.8 Å². The smallest absolute Gasteiger partial charge is 0.239 e. The molecule has 2 atom stereocenters. The van der Waals surface area contributed by atoms with Crippen molar-refractivity contribution in [3.8, 4) is 0 Å². The van der Waals surface area contributed by atoms with Crippen molar-refractivity contribution >= 4 is 40.3 Å². The van der Waals surface area contributed by atoms with Crippen LogP contribution >= 0.6 is 11.8 Å². The molecule has 0 saturated carbocycles. The van der Waals surface area contributed by atoms with Crippen molar-refractivity contribution in [3.05, 3.63) is 66.2 Å². The Labute approximate surface area is 172 Å². The van der Waals surface area contributed by atoms with Gasteiger partial charge in [0.1, 0.15) is 11.2 Å². The van der Waals surface area contributed by atoms with Gasteiger partial charge in [0.15, 0.2) is 11.3 Å². The average molecular weight is 408 g/mol. The van der Waals surface area contributed by atoms with E-state index in [2.05, 4.69) is 15.8 Å². The van der Waals surface area contributed by atoms with Crippen LogP contribution in [-0.2, 0) is 9.59 Å². The average Bonchev–Trinajstić information content (AvgIpc) is 3.05. The fourth-order valence-corrected chi connectivity index (χ4v) is 4.33. The van der Waals surface area contributed by atoms with Crippen LogP contribution in [0.5, 0.6) is 0 Å². The Morgan fingerprint density at radius 1 is 1.07 bits per heavy atom. The quantitative estimate of drug-likeness (QED) is 0.813. The first-order chi connectivity index (χ1) is 14.0. The van der Waals surface area contributed by atoms with Crippen LogP contribution < -0.4 is 10.9 Å². The highest BCUT2D eigenvalue weighted by Gasteiger charge is 2.47. The van der Waals surface area contributed by atoms with Crippen molar-refractivity contribution in [2.24, 2.45) is 9.98 Å². The summed E-state index contributed by atoms with van der Waals surface area (Å²) < 4.78 is 0. The van der Waals surface area contributed by atoms with E-state index in [1.54, 1.807) is 5.01 Å². The topological polar surface area (TPSA) is 89.4 Å². The number of rotatable bonds is 3. The molecule has 29 heavy (non-hydrogen) atoms. The number of para-hydroxylation sites is 1. The van der Waals surface area contributed by atoms with Gasteiger partial charge in [-0.15, -0.1) is 0 Å². The lowest BCUT2D eigenvalue weighted by atomic mass is 10.2. The standard InChI is InChI=1S/C20H20N6O2S/c1-13(27)23-26-18-19(29-20(26)21-16-11-7-4-8-12-16)25(14(2)28)24-17(22-18)15-9-5-3-6-10-15/h3-12,18-19H,1-2H3,(H,22,24)(H,23,27)/t18-,19+/m1/s1. The molecule has 2 aromatic rings. The third kappa shape index (κ3) is 3.95. The summed E-state index contributed by atoms with van der Waals surface area (Å²) in [5, 5.41) is 3.35. The van der Waals surface area contributed by atoms with E-state index < -0.39 is 6.17 Å². The zero-order chi connectivity index (χ0) is 20.4. The van der Waals surface area contributed by atoms with Gasteiger partial charge in [0.25, 0.3) is 0 Å². The van der Waals surface area contributed by atoms with Crippen LogP contribution in [0.15, 0.2) is 70.6 Å². The number of nitrogens with one attached hydrogen (secondary N) is 2. The van der Waals surface area contributed by atoms with Crippen molar-refractivity contribution in [2.45, 2.75) is 25.4 Å². The second-order valence-electron chi connectivity index (χ2n) is 6.53. The number of hydrogen-bond acceptors (Lipinski definition) is 6. The van der Waals surface area contributed by atoms with Crippen LogP contribution in [0.2, 0.25) is 0 Å². The van der Waals surface area contributed by atoms with Crippen LogP contribution in [0.4, 0.5) is 5.69 Å². The van der Waals surface area contributed by atoms with E-state index in [9.17, 15) is 9.59 Å². The molecule has 0 aromatic heterocycles.